The Morgan fingerprint density at radius 3 is 2.33 bits per heavy atom. The van der Waals surface area contributed by atoms with E-state index in [1.165, 1.54) is 42.8 Å². The van der Waals surface area contributed by atoms with Crippen LogP contribution in [0.3, 0.4) is 0 Å². The third kappa shape index (κ3) is 5.43. The van der Waals surface area contributed by atoms with Gasteiger partial charge in [-0.25, -0.2) is 25.9 Å². The monoisotopic (exact) mass is 419 g/mol. The van der Waals surface area contributed by atoms with Gasteiger partial charge >= 0.3 is 5.97 Å². The summed E-state index contributed by atoms with van der Waals surface area (Å²) in [6.07, 6.45) is 2.47. The molecule has 0 aliphatic carbocycles. The molecule has 1 saturated heterocycles. The number of piperidine rings is 1. The van der Waals surface area contributed by atoms with Crippen molar-refractivity contribution in [3.63, 3.8) is 0 Å². The molecule has 2 rings (SSSR count). The van der Waals surface area contributed by atoms with E-state index in [-0.39, 0.29) is 34.5 Å². The summed E-state index contributed by atoms with van der Waals surface area (Å²) in [5.74, 6) is -0.432. The molecule has 1 aliphatic rings. The molecule has 0 radical (unpaired) electrons. The van der Waals surface area contributed by atoms with E-state index in [0.717, 1.165) is 0 Å². The zero-order chi connectivity index (χ0) is 20.2. The van der Waals surface area contributed by atoms with Crippen molar-refractivity contribution in [3.8, 4) is 5.75 Å². The molecule has 152 valence electrons. The van der Waals surface area contributed by atoms with E-state index in [0.29, 0.717) is 25.9 Å². The fourth-order valence-electron chi connectivity index (χ4n) is 2.89. The molecule has 8 nitrogen and oxygen atoms in total. The first-order valence-electron chi connectivity index (χ1n) is 8.61. The summed E-state index contributed by atoms with van der Waals surface area (Å²) in [7, 11) is -5.56. The summed E-state index contributed by atoms with van der Waals surface area (Å²) in [6.45, 7) is 2.65. The minimum atomic E-state index is -3.59. The van der Waals surface area contributed by atoms with Crippen LogP contribution < -0.4 is 4.74 Å². The Morgan fingerprint density at radius 1 is 1.19 bits per heavy atom. The van der Waals surface area contributed by atoms with Crippen LogP contribution in [0, 0.1) is 5.92 Å². The minimum absolute atomic E-state index is 0.0403. The lowest BCUT2D eigenvalue weighted by Crippen LogP contribution is -2.39. The Bertz CT molecular complexity index is 886. The van der Waals surface area contributed by atoms with Crippen LogP contribution in [0.25, 0.3) is 0 Å². The van der Waals surface area contributed by atoms with E-state index < -0.39 is 25.8 Å². The molecule has 27 heavy (non-hydrogen) atoms. The van der Waals surface area contributed by atoms with Crippen LogP contribution in [0.4, 0.5) is 0 Å². The number of ether oxygens (including phenoxy) is 2. The van der Waals surface area contributed by atoms with Gasteiger partial charge in [0.05, 0.1) is 31.3 Å². The van der Waals surface area contributed by atoms with Crippen LogP contribution in [0.1, 0.15) is 30.1 Å². The number of rotatable bonds is 7. The highest BCUT2D eigenvalue weighted by Gasteiger charge is 2.26. The largest absolute Gasteiger partial charge is 0.492 e. The average molecular weight is 420 g/mol. The van der Waals surface area contributed by atoms with Crippen LogP contribution in [0.2, 0.25) is 0 Å². The molecule has 0 amide bonds. The zero-order valence-corrected chi connectivity index (χ0v) is 17.3. The molecule has 0 N–H and O–H groups in total. The molecular formula is C17H25NO7S2. The summed E-state index contributed by atoms with van der Waals surface area (Å²) < 4.78 is 59.7. The van der Waals surface area contributed by atoms with Crippen molar-refractivity contribution >= 4 is 25.8 Å². The SMILES string of the molecule is CCS(=O)(=O)c1cc(C(=O)OC)ccc1OCC1CCN(S(C)(=O)=O)CC1. The molecule has 10 heteroatoms. The molecule has 1 heterocycles. The second kappa shape index (κ2) is 8.57. The van der Waals surface area contributed by atoms with Gasteiger partial charge in [0.1, 0.15) is 10.6 Å². The van der Waals surface area contributed by atoms with Crippen molar-refractivity contribution in [2.24, 2.45) is 5.92 Å². The van der Waals surface area contributed by atoms with Gasteiger partial charge in [0.2, 0.25) is 10.0 Å². The summed E-state index contributed by atoms with van der Waals surface area (Å²) in [4.78, 5) is 11.7. The van der Waals surface area contributed by atoms with E-state index in [9.17, 15) is 21.6 Å². The number of benzene rings is 1. The number of sulfonamides is 1. The summed E-state index contributed by atoms with van der Waals surface area (Å²) in [5.41, 5.74) is 0.137. The van der Waals surface area contributed by atoms with Gasteiger partial charge in [-0.3, -0.25) is 0 Å². The molecule has 1 aliphatic heterocycles. The van der Waals surface area contributed by atoms with Gasteiger partial charge in [-0.15, -0.1) is 0 Å². The quantitative estimate of drug-likeness (QED) is 0.613. The molecule has 1 aromatic rings. The molecule has 0 aromatic heterocycles. The van der Waals surface area contributed by atoms with Gasteiger partial charge in [-0.1, -0.05) is 6.92 Å². The van der Waals surface area contributed by atoms with E-state index >= 15 is 0 Å². The number of sulfone groups is 1. The fraction of sp³-hybridized carbons (Fsp3) is 0.588. The lowest BCUT2D eigenvalue weighted by molar-refractivity contribution is 0.0600. The van der Waals surface area contributed by atoms with Crippen molar-refractivity contribution in [3.05, 3.63) is 23.8 Å². The van der Waals surface area contributed by atoms with Crippen molar-refractivity contribution in [2.75, 3.05) is 38.8 Å². The fourth-order valence-corrected chi connectivity index (χ4v) is 4.81. The van der Waals surface area contributed by atoms with Gasteiger partial charge in [0.15, 0.2) is 9.84 Å². The Hall–Kier alpha value is -1.65. The normalized spacial score (nSPS) is 16.9. The highest BCUT2D eigenvalue weighted by atomic mass is 32.2. The zero-order valence-electron chi connectivity index (χ0n) is 15.7. The number of hydrogen-bond donors (Lipinski definition) is 0. The first kappa shape index (κ1) is 21.6. The van der Waals surface area contributed by atoms with Gasteiger partial charge < -0.3 is 9.47 Å². The number of esters is 1. The standard InChI is InChI=1S/C17H25NO7S2/c1-4-27(22,23)16-11-14(17(19)24-2)5-6-15(16)25-12-13-7-9-18(10-8-13)26(3,20)21/h5-6,11,13H,4,7-10,12H2,1-3H3. The van der Waals surface area contributed by atoms with Gasteiger partial charge in [-0.2, -0.15) is 0 Å². The predicted octanol–water partition coefficient (Wildman–Crippen LogP) is 1.32. The van der Waals surface area contributed by atoms with Crippen LogP contribution in [-0.2, 0) is 24.6 Å². The maximum absolute atomic E-state index is 12.4. The third-order valence-electron chi connectivity index (χ3n) is 4.60. The first-order chi connectivity index (χ1) is 12.6. The topological polar surface area (TPSA) is 107 Å². The maximum atomic E-state index is 12.4. The van der Waals surface area contributed by atoms with Crippen molar-refractivity contribution < 1.29 is 31.1 Å². The van der Waals surface area contributed by atoms with E-state index in [4.69, 9.17) is 4.74 Å². The van der Waals surface area contributed by atoms with Crippen LogP contribution >= 0.6 is 0 Å². The van der Waals surface area contributed by atoms with Gasteiger partial charge in [0.25, 0.3) is 0 Å². The van der Waals surface area contributed by atoms with E-state index in [2.05, 4.69) is 4.74 Å². The van der Waals surface area contributed by atoms with Crippen LogP contribution in [-0.4, -0.2) is 65.9 Å². The second-order valence-electron chi connectivity index (χ2n) is 6.47. The Kier molecular flexibility index (Phi) is 6.87. The molecular weight excluding hydrogens is 394 g/mol. The molecule has 0 spiro atoms. The average Bonchev–Trinajstić information content (AvgIpc) is 2.65. The molecule has 0 saturated carbocycles. The minimum Gasteiger partial charge on any atom is -0.492 e. The number of carbonyl (C=O) groups is 1. The highest BCUT2D eigenvalue weighted by Crippen LogP contribution is 2.28. The van der Waals surface area contributed by atoms with Crippen molar-refractivity contribution in [1.29, 1.82) is 0 Å². The lowest BCUT2D eigenvalue weighted by Gasteiger charge is -2.30. The lowest BCUT2D eigenvalue weighted by atomic mass is 9.99. The summed E-state index contributed by atoms with van der Waals surface area (Å²) in [6, 6.07) is 4.19. The Morgan fingerprint density at radius 2 is 1.81 bits per heavy atom. The summed E-state index contributed by atoms with van der Waals surface area (Å²) >= 11 is 0. The van der Waals surface area contributed by atoms with Gasteiger partial charge in [0, 0.05) is 13.1 Å². The van der Waals surface area contributed by atoms with E-state index in [1.807, 2.05) is 0 Å². The predicted molar refractivity (Wildman–Crippen MR) is 100 cm³/mol. The third-order valence-corrected chi connectivity index (χ3v) is 7.65. The Labute approximate surface area is 160 Å². The number of carbonyl (C=O) groups excluding carboxylic acids is 1. The van der Waals surface area contributed by atoms with Crippen LogP contribution in [0.5, 0.6) is 5.75 Å². The Balaban J connectivity index is 2.13. The number of hydrogen-bond acceptors (Lipinski definition) is 7. The van der Waals surface area contributed by atoms with Crippen molar-refractivity contribution in [1.82, 2.24) is 4.31 Å². The second-order valence-corrected chi connectivity index (χ2v) is 10.7. The molecule has 0 atom stereocenters. The molecule has 0 bridgehead atoms. The van der Waals surface area contributed by atoms with Gasteiger partial charge in [-0.05, 0) is 37.0 Å². The maximum Gasteiger partial charge on any atom is 0.337 e. The van der Waals surface area contributed by atoms with Crippen LogP contribution in [0.15, 0.2) is 23.1 Å². The first-order valence-corrected chi connectivity index (χ1v) is 12.1. The number of nitrogens with zero attached hydrogens (tertiary/aromatic N) is 1. The number of methoxy groups -OCH3 is 1. The molecule has 0 unspecified atom stereocenters. The summed E-state index contributed by atoms with van der Waals surface area (Å²) in [5, 5.41) is 0. The smallest absolute Gasteiger partial charge is 0.337 e. The van der Waals surface area contributed by atoms with E-state index in [1.54, 1.807) is 0 Å². The molecule has 1 fully saturated rings. The highest BCUT2D eigenvalue weighted by molar-refractivity contribution is 7.91. The van der Waals surface area contributed by atoms with Crippen molar-refractivity contribution in [2.45, 2.75) is 24.7 Å². The molecule has 1 aromatic carbocycles.